The first-order chi connectivity index (χ1) is 11.5. The van der Waals surface area contributed by atoms with Gasteiger partial charge in [0.15, 0.2) is 11.6 Å². The number of nitriles is 1. The molecule has 0 aliphatic heterocycles. The number of nitrogens with zero attached hydrogens (tertiary/aromatic N) is 2. The molecular weight excluding hydrogens is 308 g/mol. The predicted molar refractivity (Wildman–Crippen MR) is 91.6 cm³/mol. The Morgan fingerprint density at radius 3 is 2.46 bits per heavy atom. The average Bonchev–Trinajstić information content (AvgIpc) is 2.60. The van der Waals surface area contributed by atoms with E-state index in [0.717, 1.165) is 17.3 Å². The first kappa shape index (κ1) is 17.9. The van der Waals surface area contributed by atoms with Gasteiger partial charge in [0.1, 0.15) is 0 Å². The van der Waals surface area contributed by atoms with Crippen molar-refractivity contribution in [1.29, 1.82) is 5.26 Å². The number of hydrogen-bond acceptors (Lipinski definition) is 3. The van der Waals surface area contributed by atoms with Crippen LogP contribution in [-0.2, 0) is 6.54 Å². The van der Waals surface area contributed by atoms with Crippen molar-refractivity contribution < 1.29 is 8.78 Å². The number of halogens is 2. The number of rotatable bonds is 7. The highest BCUT2D eigenvalue weighted by molar-refractivity contribution is 5.46. The number of hydrogen-bond donors (Lipinski definition) is 1. The van der Waals surface area contributed by atoms with Crippen LogP contribution in [0.3, 0.4) is 0 Å². The average molecular weight is 329 g/mol. The standard InChI is InChI=1S/C19H21F2N3/c1-14(16-6-9-18(20)19(21)12-16)23-13-15-4-7-17(8-5-15)24(2)11-3-10-22/h4-9,12,14,23H,3,11,13H2,1-2H3/t14-/m1/s1. The zero-order valence-corrected chi connectivity index (χ0v) is 13.9. The maximum atomic E-state index is 13.3. The Hall–Kier alpha value is -2.45. The molecule has 0 unspecified atom stereocenters. The Morgan fingerprint density at radius 2 is 1.83 bits per heavy atom. The van der Waals surface area contributed by atoms with Crippen LogP contribution in [0, 0.1) is 23.0 Å². The summed E-state index contributed by atoms with van der Waals surface area (Å²) in [5, 5.41) is 11.9. The molecule has 5 heteroatoms. The summed E-state index contributed by atoms with van der Waals surface area (Å²) in [5.74, 6) is -1.66. The third-order valence-corrected chi connectivity index (χ3v) is 3.99. The second-order valence-electron chi connectivity index (χ2n) is 5.77. The highest BCUT2D eigenvalue weighted by atomic mass is 19.2. The summed E-state index contributed by atoms with van der Waals surface area (Å²) in [6.07, 6.45) is 0.492. The van der Waals surface area contributed by atoms with Gasteiger partial charge in [0, 0.05) is 31.9 Å². The molecule has 0 aliphatic rings. The van der Waals surface area contributed by atoms with E-state index < -0.39 is 11.6 Å². The molecule has 0 bridgehead atoms. The van der Waals surface area contributed by atoms with Crippen molar-refractivity contribution in [2.45, 2.75) is 25.9 Å². The molecule has 1 atom stereocenters. The predicted octanol–water partition coefficient (Wildman–Crippen LogP) is 4.17. The normalized spacial score (nSPS) is 11.8. The van der Waals surface area contributed by atoms with Crippen molar-refractivity contribution in [1.82, 2.24) is 5.32 Å². The van der Waals surface area contributed by atoms with Crippen molar-refractivity contribution in [3.05, 3.63) is 65.2 Å². The number of nitrogens with one attached hydrogen (secondary N) is 1. The van der Waals surface area contributed by atoms with Gasteiger partial charge in [-0.25, -0.2) is 8.78 Å². The van der Waals surface area contributed by atoms with Crippen LogP contribution in [0.5, 0.6) is 0 Å². The van der Waals surface area contributed by atoms with Crippen LogP contribution in [0.15, 0.2) is 42.5 Å². The molecule has 0 aliphatic carbocycles. The van der Waals surface area contributed by atoms with Gasteiger partial charge >= 0.3 is 0 Å². The summed E-state index contributed by atoms with van der Waals surface area (Å²) < 4.78 is 26.3. The molecule has 2 aromatic rings. The Morgan fingerprint density at radius 1 is 1.12 bits per heavy atom. The SMILES string of the molecule is C[C@@H](NCc1ccc(N(C)CCC#N)cc1)c1ccc(F)c(F)c1. The van der Waals surface area contributed by atoms with E-state index in [1.807, 2.05) is 43.1 Å². The van der Waals surface area contributed by atoms with Crippen LogP contribution in [0.4, 0.5) is 14.5 Å². The number of benzene rings is 2. The van der Waals surface area contributed by atoms with E-state index >= 15 is 0 Å². The maximum absolute atomic E-state index is 13.3. The first-order valence-corrected chi connectivity index (χ1v) is 7.86. The smallest absolute Gasteiger partial charge is 0.159 e. The van der Waals surface area contributed by atoms with Crippen LogP contribution in [0.1, 0.15) is 30.5 Å². The summed E-state index contributed by atoms with van der Waals surface area (Å²) in [7, 11) is 1.95. The minimum absolute atomic E-state index is 0.0851. The summed E-state index contributed by atoms with van der Waals surface area (Å²) in [6, 6.07) is 14.1. The topological polar surface area (TPSA) is 39.1 Å². The highest BCUT2D eigenvalue weighted by Crippen LogP contribution is 2.18. The van der Waals surface area contributed by atoms with Gasteiger partial charge in [0.2, 0.25) is 0 Å². The molecular formula is C19H21F2N3. The molecule has 24 heavy (non-hydrogen) atoms. The number of anilines is 1. The van der Waals surface area contributed by atoms with Crippen LogP contribution >= 0.6 is 0 Å². The van der Waals surface area contributed by atoms with Crippen molar-refractivity contribution in [3.8, 4) is 6.07 Å². The van der Waals surface area contributed by atoms with Crippen LogP contribution < -0.4 is 10.2 Å². The zero-order chi connectivity index (χ0) is 17.5. The highest BCUT2D eigenvalue weighted by Gasteiger charge is 2.09. The minimum atomic E-state index is -0.831. The zero-order valence-electron chi connectivity index (χ0n) is 13.9. The Labute approximate surface area is 141 Å². The molecule has 0 aromatic heterocycles. The van der Waals surface area contributed by atoms with E-state index in [9.17, 15) is 8.78 Å². The molecule has 1 N–H and O–H groups in total. The third kappa shape index (κ3) is 4.77. The molecule has 0 heterocycles. The van der Waals surface area contributed by atoms with Crippen molar-refractivity contribution in [2.75, 3.05) is 18.5 Å². The van der Waals surface area contributed by atoms with Crippen LogP contribution in [0.2, 0.25) is 0 Å². The largest absolute Gasteiger partial charge is 0.374 e. The molecule has 0 spiro atoms. The lowest BCUT2D eigenvalue weighted by Crippen LogP contribution is -2.19. The molecule has 0 saturated carbocycles. The monoisotopic (exact) mass is 329 g/mol. The van der Waals surface area contributed by atoms with E-state index in [0.29, 0.717) is 25.1 Å². The lowest BCUT2D eigenvalue weighted by atomic mass is 10.1. The van der Waals surface area contributed by atoms with Gasteiger partial charge in [-0.15, -0.1) is 0 Å². The van der Waals surface area contributed by atoms with Gasteiger partial charge in [-0.1, -0.05) is 18.2 Å². The maximum Gasteiger partial charge on any atom is 0.159 e. The molecule has 2 aromatic carbocycles. The Balaban J connectivity index is 1.92. The molecule has 126 valence electrons. The molecule has 2 rings (SSSR count). The molecule has 3 nitrogen and oxygen atoms in total. The second kappa shape index (κ2) is 8.42. The minimum Gasteiger partial charge on any atom is -0.374 e. The lowest BCUT2D eigenvalue weighted by molar-refractivity contribution is 0.500. The van der Waals surface area contributed by atoms with Gasteiger partial charge in [-0.05, 0) is 42.3 Å². The Bertz CT molecular complexity index is 708. The quantitative estimate of drug-likeness (QED) is 0.829. The summed E-state index contributed by atoms with van der Waals surface area (Å²) in [5.41, 5.74) is 2.87. The van der Waals surface area contributed by atoms with E-state index in [-0.39, 0.29) is 6.04 Å². The van der Waals surface area contributed by atoms with E-state index in [1.54, 1.807) is 6.07 Å². The van der Waals surface area contributed by atoms with E-state index in [1.165, 1.54) is 6.07 Å². The second-order valence-corrected chi connectivity index (χ2v) is 5.77. The van der Waals surface area contributed by atoms with Gasteiger partial charge in [-0.3, -0.25) is 0 Å². The fraction of sp³-hybridized carbons (Fsp3) is 0.316. The molecule has 0 saturated heterocycles. The van der Waals surface area contributed by atoms with Crippen LogP contribution in [0.25, 0.3) is 0 Å². The Kier molecular flexibility index (Phi) is 6.28. The van der Waals surface area contributed by atoms with Gasteiger partial charge in [-0.2, -0.15) is 5.26 Å². The summed E-state index contributed by atoms with van der Waals surface area (Å²) in [4.78, 5) is 2.03. The van der Waals surface area contributed by atoms with Crippen molar-refractivity contribution in [2.24, 2.45) is 0 Å². The summed E-state index contributed by atoms with van der Waals surface area (Å²) >= 11 is 0. The van der Waals surface area contributed by atoms with Crippen molar-refractivity contribution in [3.63, 3.8) is 0 Å². The lowest BCUT2D eigenvalue weighted by Gasteiger charge is -2.18. The molecule has 0 radical (unpaired) electrons. The van der Waals surface area contributed by atoms with Gasteiger partial charge in [0.05, 0.1) is 12.5 Å². The van der Waals surface area contributed by atoms with Crippen molar-refractivity contribution >= 4 is 5.69 Å². The third-order valence-electron chi connectivity index (χ3n) is 3.99. The van der Waals surface area contributed by atoms with Gasteiger partial charge < -0.3 is 10.2 Å². The fourth-order valence-corrected chi connectivity index (χ4v) is 2.39. The first-order valence-electron chi connectivity index (χ1n) is 7.86. The van der Waals surface area contributed by atoms with Gasteiger partial charge in [0.25, 0.3) is 0 Å². The fourth-order valence-electron chi connectivity index (χ4n) is 2.39. The van der Waals surface area contributed by atoms with E-state index in [2.05, 4.69) is 11.4 Å². The van der Waals surface area contributed by atoms with E-state index in [4.69, 9.17) is 5.26 Å². The van der Waals surface area contributed by atoms with Crippen LogP contribution in [-0.4, -0.2) is 13.6 Å². The summed E-state index contributed by atoms with van der Waals surface area (Å²) in [6.45, 7) is 3.24. The molecule has 0 fully saturated rings. The molecule has 0 amide bonds.